The number of piperidine rings is 1. The number of pyridine rings is 1. The maximum atomic E-state index is 13.1. The summed E-state index contributed by atoms with van der Waals surface area (Å²) in [5.74, 6) is -2.56. The molecule has 42 heavy (non-hydrogen) atoms. The largest absolute Gasteiger partial charge is 0.417 e. The van der Waals surface area contributed by atoms with Gasteiger partial charge in [0.25, 0.3) is 11.8 Å². The minimum Gasteiger partial charge on any atom is -0.329 e. The van der Waals surface area contributed by atoms with Crippen molar-refractivity contribution >= 4 is 35.3 Å². The zero-order valence-electron chi connectivity index (χ0n) is 22.3. The van der Waals surface area contributed by atoms with Crippen molar-refractivity contribution in [2.24, 2.45) is 0 Å². The van der Waals surface area contributed by atoms with Crippen LogP contribution >= 0.6 is 0 Å². The second kappa shape index (κ2) is 10.4. The monoisotopic (exact) mass is 579 g/mol. The SMILES string of the molecule is CC(C)(NC(=O)Nc1ccc2c(c1)C(=O)N(C1CCC(=O)NC1=O)C2=O)c1ccc(-c2cncc(C(F)(F)F)c2)cc1. The Morgan fingerprint density at radius 3 is 2.26 bits per heavy atom. The van der Waals surface area contributed by atoms with Crippen molar-refractivity contribution in [2.45, 2.75) is 44.4 Å². The minimum absolute atomic E-state index is 0.00223. The Hall–Kier alpha value is -5.07. The number of halogens is 3. The zero-order chi connectivity index (χ0) is 30.4. The molecule has 0 aliphatic carbocycles. The molecule has 3 N–H and O–H groups in total. The smallest absolute Gasteiger partial charge is 0.329 e. The van der Waals surface area contributed by atoms with Gasteiger partial charge in [0.15, 0.2) is 0 Å². The zero-order valence-corrected chi connectivity index (χ0v) is 22.3. The number of alkyl halides is 3. The predicted molar refractivity (Wildman–Crippen MR) is 143 cm³/mol. The van der Waals surface area contributed by atoms with Gasteiger partial charge in [-0.1, -0.05) is 24.3 Å². The van der Waals surface area contributed by atoms with Crippen molar-refractivity contribution in [3.8, 4) is 11.1 Å². The van der Waals surface area contributed by atoms with Crippen molar-refractivity contribution in [2.75, 3.05) is 5.32 Å². The normalized spacial score (nSPS) is 17.2. The van der Waals surface area contributed by atoms with Gasteiger partial charge in [-0.25, -0.2) is 4.79 Å². The maximum Gasteiger partial charge on any atom is 0.417 e. The number of hydrogen-bond acceptors (Lipinski definition) is 6. The van der Waals surface area contributed by atoms with E-state index in [1.807, 2.05) is 0 Å². The first-order valence-electron chi connectivity index (χ1n) is 12.8. The first kappa shape index (κ1) is 28.5. The van der Waals surface area contributed by atoms with Crippen molar-refractivity contribution in [3.05, 3.63) is 83.2 Å². The minimum atomic E-state index is -4.52. The van der Waals surface area contributed by atoms with Gasteiger partial charge in [-0.2, -0.15) is 13.2 Å². The molecule has 6 amide bonds. The van der Waals surface area contributed by atoms with Gasteiger partial charge < -0.3 is 10.6 Å². The molecule has 1 fully saturated rings. The number of anilines is 1. The van der Waals surface area contributed by atoms with Crippen LogP contribution in [0.4, 0.5) is 23.7 Å². The van der Waals surface area contributed by atoms with Gasteiger partial charge in [0.1, 0.15) is 6.04 Å². The van der Waals surface area contributed by atoms with Gasteiger partial charge >= 0.3 is 12.2 Å². The third-order valence-electron chi connectivity index (χ3n) is 7.13. The summed E-state index contributed by atoms with van der Waals surface area (Å²) >= 11 is 0. The lowest BCUT2D eigenvalue weighted by molar-refractivity contribution is -0.138. The molecule has 2 aromatic carbocycles. The average Bonchev–Trinajstić information content (AvgIpc) is 3.17. The number of hydrogen-bond donors (Lipinski definition) is 3. The Kier molecular flexibility index (Phi) is 7.05. The van der Waals surface area contributed by atoms with Crippen LogP contribution in [-0.4, -0.2) is 45.6 Å². The summed E-state index contributed by atoms with van der Waals surface area (Å²) in [5, 5.41) is 7.57. The number of nitrogens with one attached hydrogen (secondary N) is 3. The highest BCUT2D eigenvalue weighted by atomic mass is 19.4. The van der Waals surface area contributed by atoms with E-state index in [2.05, 4.69) is 20.9 Å². The second-order valence-electron chi connectivity index (χ2n) is 10.4. The van der Waals surface area contributed by atoms with Crippen LogP contribution in [0.15, 0.2) is 60.9 Å². The van der Waals surface area contributed by atoms with Crippen LogP contribution in [-0.2, 0) is 21.3 Å². The molecule has 1 saturated heterocycles. The van der Waals surface area contributed by atoms with Crippen LogP contribution in [0.3, 0.4) is 0 Å². The van der Waals surface area contributed by atoms with Gasteiger partial charge in [0.2, 0.25) is 11.8 Å². The van der Waals surface area contributed by atoms with E-state index in [-0.39, 0.29) is 29.7 Å². The number of carbonyl (C=O) groups is 5. The number of benzene rings is 2. The van der Waals surface area contributed by atoms with Gasteiger partial charge in [-0.05, 0) is 55.7 Å². The number of aromatic nitrogens is 1. The van der Waals surface area contributed by atoms with Crippen LogP contribution in [0.1, 0.15) is 58.5 Å². The van der Waals surface area contributed by atoms with Crippen LogP contribution in [0.2, 0.25) is 0 Å². The van der Waals surface area contributed by atoms with Crippen molar-refractivity contribution in [1.29, 1.82) is 0 Å². The van der Waals surface area contributed by atoms with Crippen LogP contribution in [0.25, 0.3) is 11.1 Å². The highest BCUT2D eigenvalue weighted by Gasteiger charge is 2.44. The summed E-state index contributed by atoms with van der Waals surface area (Å²) in [4.78, 5) is 67.0. The predicted octanol–water partition coefficient (Wildman–Crippen LogP) is 4.23. The van der Waals surface area contributed by atoms with Crippen molar-refractivity contribution in [3.63, 3.8) is 0 Å². The summed E-state index contributed by atoms with van der Waals surface area (Å²) < 4.78 is 39.2. The Morgan fingerprint density at radius 1 is 0.905 bits per heavy atom. The fraction of sp³-hybridized carbons (Fsp3) is 0.241. The van der Waals surface area contributed by atoms with E-state index in [1.54, 1.807) is 38.1 Å². The summed E-state index contributed by atoms with van der Waals surface area (Å²) in [6, 6.07) is 10.1. The van der Waals surface area contributed by atoms with Crippen LogP contribution < -0.4 is 16.0 Å². The molecule has 1 aromatic heterocycles. The van der Waals surface area contributed by atoms with Crippen molar-refractivity contribution in [1.82, 2.24) is 20.5 Å². The fourth-order valence-electron chi connectivity index (χ4n) is 4.90. The molecule has 13 heteroatoms. The number of imide groups is 2. The van der Waals surface area contributed by atoms with E-state index in [0.29, 0.717) is 16.7 Å². The standard InChI is InChI=1S/C29H24F3N5O5/c1-28(2,17-5-3-15(4-6-17)16-11-18(14-33-13-16)29(30,31)32)36-27(42)34-19-7-8-20-21(12-19)26(41)37(25(20)40)22-9-10-23(38)35-24(22)39/h3-8,11-14,22H,9-10H2,1-2H3,(H2,34,36,42)(H,35,38,39). The van der Waals surface area contributed by atoms with E-state index >= 15 is 0 Å². The first-order chi connectivity index (χ1) is 19.7. The Labute approximate surface area is 237 Å². The van der Waals surface area contributed by atoms with E-state index < -0.39 is 53.0 Å². The quantitative estimate of drug-likeness (QED) is 0.387. The van der Waals surface area contributed by atoms with Gasteiger partial charge in [0.05, 0.1) is 22.2 Å². The van der Waals surface area contributed by atoms with Crippen molar-refractivity contribution < 1.29 is 37.1 Å². The molecule has 2 aliphatic rings. The van der Waals surface area contributed by atoms with E-state index in [9.17, 15) is 37.1 Å². The lowest BCUT2D eigenvalue weighted by Crippen LogP contribution is -2.54. The Bertz CT molecular complexity index is 1640. The van der Waals surface area contributed by atoms with Crippen LogP contribution in [0.5, 0.6) is 0 Å². The van der Waals surface area contributed by atoms with E-state index in [4.69, 9.17) is 0 Å². The molecule has 1 unspecified atom stereocenters. The lowest BCUT2D eigenvalue weighted by atomic mass is 9.92. The first-order valence-corrected chi connectivity index (χ1v) is 12.8. The molecule has 216 valence electrons. The summed E-state index contributed by atoms with van der Waals surface area (Å²) in [7, 11) is 0. The molecule has 10 nitrogen and oxygen atoms in total. The summed E-state index contributed by atoms with van der Waals surface area (Å²) in [5.41, 5.74) is 0.0101. The average molecular weight is 580 g/mol. The molecule has 2 aliphatic heterocycles. The van der Waals surface area contributed by atoms with Gasteiger partial charge in [-0.15, -0.1) is 0 Å². The third kappa shape index (κ3) is 5.45. The molecular weight excluding hydrogens is 555 g/mol. The number of fused-ring (bicyclic) bond motifs is 1. The molecular formula is C29H24F3N5O5. The molecule has 5 rings (SSSR count). The third-order valence-corrected chi connectivity index (χ3v) is 7.13. The number of amides is 6. The fourth-order valence-corrected chi connectivity index (χ4v) is 4.90. The Balaban J connectivity index is 1.26. The Morgan fingerprint density at radius 2 is 1.60 bits per heavy atom. The summed E-state index contributed by atoms with van der Waals surface area (Å²) in [6.45, 7) is 3.46. The molecule has 0 saturated carbocycles. The molecule has 0 radical (unpaired) electrons. The molecule has 3 heterocycles. The molecule has 1 atom stereocenters. The number of nitrogens with zero attached hydrogens (tertiary/aromatic N) is 2. The second-order valence-corrected chi connectivity index (χ2v) is 10.4. The lowest BCUT2D eigenvalue weighted by Gasteiger charge is -2.27. The van der Waals surface area contributed by atoms with Gasteiger partial charge in [-0.3, -0.25) is 34.4 Å². The molecule has 0 bridgehead atoms. The van der Waals surface area contributed by atoms with E-state index in [0.717, 1.165) is 17.2 Å². The highest BCUT2D eigenvalue weighted by Crippen LogP contribution is 2.33. The van der Waals surface area contributed by atoms with Crippen LogP contribution in [0, 0.1) is 0 Å². The number of rotatable bonds is 5. The highest BCUT2D eigenvalue weighted by molar-refractivity contribution is 6.23. The topological polar surface area (TPSA) is 138 Å². The molecule has 0 spiro atoms. The molecule has 3 aromatic rings. The number of carbonyl (C=O) groups excluding carboxylic acids is 5. The summed E-state index contributed by atoms with van der Waals surface area (Å²) in [6.07, 6.45) is -2.40. The number of urea groups is 1. The van der Waals surface area contributed by atoms with E-state index in [1.165, 1.54) is 24.4 Å². The van der Waals surface area contributed by atoms with Gasteiger partial charge in [0, 0.05) is 30.1 Å². The maximum absolute atomic E-state index is 13.1.